The molecule has 1 aliphatic rings. The Kier molecular flexibility index (Phi) is 3.69. The Bertz CT molecular complexity index is 113. The van der Waals surface area contributed by atoms with Gasteiger partial charge < -0.3 is 10.8 Å². The summed E-state index contributed by atoms with van der Waals surface area (Å²) < 4.78 is 0. The van der Waals surface area contributed by atoms with Gasteiger partial charge in [-0.25, -0.2) is 0 Å². The lowest BCUT2D eigenvalue weighted by atomic mass is 10.1. The van der Waals surface area contributed by atoms with Gasteiger partial charge in [-0.2, -0.15) is 11.8 Å². The molecule has 0 spiro atoms. The van der Waals surface area contributed by atoms with Crippen molar-refractivity contribution in [1.29, 1.82) is 0 Å². The summed E-state index contributed by atoms with van der Waals surface area (Å²) in [5.41, 5.74) is 5.01. The zero-order chi connectivity index (χ0) is 8.16. The van der Waals surface area contributed by atoms with Gasteiger partial charge in [0.25, 0.3) is 0 Å². The van der Waals surface area contributed by atoms with E-state index in [-0.39, 0.29) is 5.60 Å². The largest absolute Gasteiger partial charge is 0.389 e. The van der Waals surface area contributed by atoms with E-state index in [1.807, 2.05) is 0 Å². The lowest BCUT2D eigenvalue weighted by Gasteiger charge is -2.20. The number of rotatable bonds is 4. The van der Waals surface area contributed by atoms with Crippen molar-refractivity contribution in [2.45, 2.75) is 31.3 Å². The van der Waals surface area contributed by atoms with Gasteiger partial charge >= 0.3 is 0 Å². The zero-order valence-electron chi connectivity index (χ0n) is 6.88. The molecule has 66 valence electrons. The second kappa shape index (κ2) is 4.33. The maximum atomic E-state index is 9.86. The molecule has 0 saturated heterocycles. The van der Waals surface area contributed by atoms with Crippen molar-refractivity contribution in [2.75, 3.05) is 18.1 Å². The molecule has 0 bridgehead atoms. The predicted octanol–water partition coefficient (Wildman–Crippen LogP) is 0.983. The average molecular weight is 175 g/mol. The van der Waals surface area contributed by atoms with E-state index in [2.05, 4.69) is 0 Å². The minimum absolute atomic E-state index is 0.347. The quantitative estimate of drug-likeness (QED) is 0.626. The minimum Gasteiger partial charge on any atom is -0.389 e. The molecular weight excluding hydrogens is 158 g/mol. The van der Waals surface area contributed by atoms with Crippen LogP contribution in [0, 0.1) is 0 Å². The van der Waals surface area contributed by atoms with E-state index in [0.29, 0.717) is 0 Å². The number of nitrogens with two attached hydrogens (primary N) is 1. The second-order valence-electron chi connectivity index (χ2n) is 3.27. The molecule has 0 radical (unpaired) electrons. The van der Waals surface area contributed by atoms with E-state index >= 15 is 0 Å². The minimum atomic E-state index is -0.347. The molecule has 0 aromatic heterocycles. The van der Waals surface area contributed by atoms with Crippen molar-refractivity contribution < 1.29 is 5.11 Å². The summed E-state index contributed by atoms with van der Waals surface area (Å²) in [7, 11) is 0. The van der Waals surface area contributed by atoms with Crippen LogP contribution in [0.2, 0.25) is 0 Å². The Balaban J connectivity index is 2.13. The van der Waals surface area contributed by atoms with Crippen molar-refractivity contribution >= 4 is 11.8 Å². The fourth-order valence-corrected chi connectivity index (χ4v) is 2.50. The molecule has 0 aromatic rings. The third-order valence-electron chi connectivity index (χ3n) is 2.17. The van der Waals surface area contributed by atoms with Crippen molar-refractivity contribution in [1.82, 2.24) is 0 Å². The molecule has 0 amide bonds. The lowest BCUT2D eigenvalue weighted by Crippen LogP contribution is -2.27. The number of thioether (sulfide) groups is 1. The predicted molar refractivity (Wildman–Crippen MR) is 49.8 cm³/mol. The van der Waals surface area contributed by atoms with Gasteiger partial charge in [-0.3, -0.25) is 0 Å². The van der Waals surface area contributed by atoms with Crippen LogP contribution < -0.4 is 5.73 Å². The molecule has 3 N–H and O–H groups in total. The molecule has 3 heteroatoms. The van der Waals surface area contributed by atoms with Gasteiger partial charge in [0.1, 0.15) is 0 Å². The van der Waals surface area contributed by atoms with Crippen LogP contribution in [0.3, 0.4) is 0 Å². The van der Waals surface area contributed by atoms with Crippen molar-refractivity contribution in [3.05, 3.63) is 0 Å². The highest BCUT2D eigenvalue weighted by molar-refractivity contribution is 7.99. The first kappa shape index (κ1) is 9.36. The molecule has 0 aliphatic heterocycles. The molecule has 1 saturated carbocycles. The van der Waals surface area contributed by atoms with Crippen LogP contribution in [0.1, 0.15) is 25.7 Å². The summed E-state index contributed by atoms with van der Waals surface area (Å²) in [6.45, 7) is 0.723. The molecular formula is C8H17NOS. The van der Waals surface area contributed by atoms with Crippen LogP contribution in [0.5, 0.6) is 0 Å². The SMILES string of the molecule is NCCSCC1(O)CCCC1. The third-order valence-corrected chi connectivity index (χ3v) is 3.43. The summed E-state index contributed by atoms with van der Waals surface area (Å²) in [4.78, 5) is 0. The van der Waals surface area contributed by atoms with E-state index in [1.165, 1.54) is 12.8 Å². The molecule has 1 aliphatic carbocycles. The van der Waals surface area contributed by atoms with Gasteiger partial charge in [-0.15, -0.1) is 0 Å². The summed E-state index contributed by atoms with van der Waals surface area (Å²) in [6.07, 6.45) is 4.37. The van der Waals surface area contributed by atoms with E-state index < -0.39 is 0 Å². The van der Waals surface area contributed by atoms with Crippen LogP contribution in [0.4, 0.5) is 0 Å². The van der Waals surface area contributed by atoms with Gasteiger partial charge in [-0.05, 0) is 12.8 Å². The fraction of sp³-hybridized carbons (Fsp3) is 1.00. The molecule has 11 heavy (non-hydrogen) atoms. The summed E-state index contributed by atoms with van der Waals surface area (Å²) in [5, 5.41) is 9.86. The highest BCUT2D eigenvalue weighted by Crippen LogP contribution is 2.32. The highest BCUT2D eigenvalue weighted by Gasteiger charge is 2.30. The second-order valence-corrected chi connectivity index (χ2v) is 4.38. The Hall–Kier alpha value is 0.270. The summed E-state index contributed by atoms with van der Waals surface area (Å²) >= 11 is 1.77. The molecule has 0 heterocycles. The number of hydrogen-bond acceptors (Lipinski definition) is 3. The Morgan fingerprint density at radius 3 is 2.55 bits per heavy atom. The molecule has 2 nitrogen and oxygen atoms in total. The molecule has 0 aromatic carbocycles. The molecule has 1 rings (SSSR count). The van der Waals surface area contributed by atoms with E-state index in [1.54, 1.807) is 11.8 Å². The van der Waals surface area contributed by atoms with Crippen molar-refractivity contribution in [3.63, 3.8) is 0 Å². The van der Waals surface area contributed by atoms with Gasteiger partial charge in [0, 0.05) is 18.1 Å². The van der Waals surface area contributed by atoms with Crippen LogP contribution in [-0.4, -0.2) is 28.8 Å². The fourth-order valence-electron chi connectivity index (χ4n) is 1.52. The number of aliphatic hydroxyl groups is 1. The normalized spacial score (nSPS) is 22.4. The molecule has 1 fully saturated rings. The molecule has 0 unspecified atom stereocenters. The first-order valence-corrected chi connectivity index (χ1v) is 5.42. The van der Waals surface area contributed by atoms with Crippen LogP contribution >= 0.6 is 11.8 Å². The Labute approximate surface area is 72.5 Å². The van der Waals surface area contributed by atoms with Gasteiger partial charge in [0.2, 0.25) is 0 Å². The van der Waals surface area contributed by atoms with Crippen molar-refractivity contribution in [2.24, 2.45) is 5.73 Å². The monoisotopic (exact) mass is 175 g/mol. The number of hydrogen-bond donors (Lipinski definition) is 2. The zero-order valence-corrected chi connectivity index (χ0v) is 7.70. The maximum absolute atomic E-state index is 9.86. The van der Waals surface area contributed by atoms with Crippen LogP contribution in [0.25, 0.3) is 0 Å². The van der Waals surface area contributed by atoms with Crippen LogP contribution in [-0.2, 0) is 0 Å². The average Bonchev–Trinajstić information content (AvgIpc) is 2.38. The highest BCUT2D eigenvalue weighted by atomic mass is 32.2. The van der Waals surface area contributed by atoms with E-state index in [0.717, 1.165) is 30.9 Å². The van der Waals surface area contributed by atoms with Gasteiger partial charge in [0.05, 0.1) is 5.60 Å². The standard InChI is InChI=1S/C8H17NOS/c9-5-6-11-7-8(10)3-1-2-4-8/h10H,1-7,9H2. The Morgan fingerprint density at radius 1 is 1.36 bits per heavy atom. The third kappa shape index (κ3) is 3.01. The first-order valence-electron chi connectivity index (χ1n) is 4.27. The maximum Gasteiger partial charge on any atom is 0.0737 e. The first-order chi connectivity index (χ1) is 5.27. The lowest BCUT2D eigenvalue weighted by molar-refractivity contribution is 0.0733. The van der Waals surface area contributed by atoms with Crippen LogP contribution in [0.15, 0.2) is 0 Å². The summed E-state index contributed by atoms with van der Waals surface area (Å²) in [6, 6.07) is 0. The van der Waals surface area contributed by atoms with Crippen molar-refractivity contribution in [3.8, 4) is 0 Å². The van der Waals surface area contributed by atoms with E-state index in [9.17, 15) is 5.11 Å². The topological polar surface area (TPSA) is 46.2 Å². The van der Waals surface area contributed by atoms with Gasteiger partial charge in [0.15, 0.2) is 0 Å². The van der Waals surface area contributed by atoms with Gasteiger partial charge in [-0.1, -0.05) is 12.8 Å². The molecule has 0 atom stereocenters. The van der Waals surface area contributed by atoms with E-state index in [4.69, 9.17) is 5.73 Å². The smallest absolute Gasteiger partial charge is 0.0737 e. The summed E-state index contributed by atoms with van der Waals surface area (Å²) in [5.74, 6) is 1.85. The Morgan fingerprint density at radius 2 is 2.00 bits per heavy atom.